The van der Waals surface area contributed by atoms with E-state index in [0.717, 1.165) is 16.7 Å². The first-order chi connectivity index (χ1) is 27.4. The summed E-state index contributed by atoms with van der Waals surface area (Å²) in [6, 6.07) is 28.1. The van der Waals surface area contributed by atoms with Crippen LogP contribution >= 0.6 is 0 Å². The van der Waals surface area contributed by atoms with Gasteiger partial charge in [0.2, 0.25) is 11.9 Å². The third-order valence-corrected chi connectivity index (χ3v) is 10.6. The van der Waals surface area contributed by atoms with Gasteiger partial charge in [-0.3, -0.25) is 4.79 Å². The summed E-state index contributed by atoms with van der Waals surface area (Å²) >= 11 is 0. The molecule has 2 aliphatic rings. The van der Waals surface area contributed by atoms with Gasteiger partial charge in [-0.05, 0) is 24.0 Å². The summed E-state index contributed by atoms with van der Waals surface area (Å²) in [6.45, 7) is 3.25. The van der Waals surface area contributed by atoms with Crippen molar-refractivity contribution in [3.05, 3.63) is 115 Å². The number of urea groups is 1. The molecule has 1 saturated carbocycles. The lowest BCUT2D eigenvalue weighted by Gasteiger charge is -2.22. The minimum Gasteiger partial charge on any atom is -0.388 e. The van der Waals surface area contributed by atoms with Crippen molar-refractivity contribution in [2.75, 3.05) is 35.2 Å². The zero-order valence-corrected chi connectivity index (χ0v) is 30.8. The SMILES string of the molecule is CCC(=O)N[C@H]1C[C@@H](n2cnc3c(NCC(c4ccccc4)c4ccccc4)nc(N4CC[C@@H](NC(=O)Nc5conc5-c5ccccc5)C4)nc32)[C@H](O)[C@@H]1O. The number of benzene rings is 3. The highest BCUT2D eigenvalue weighted by atomic mass is 16.5. The third-order valence-electron chi connectivity index (χ3n) is 10.6. The normalized spacial score (nSPS) is 20.7. The van der Waals surface area contributed by atoms with Crippen LogP contribution in [0.3, 0.4) is 0 Å². The zero-order valence-electron chi connectivity index (χ0n) is 30.8. The van der Waals surface area contributed by atoms with Crippen molar-refractivity contribution in [3.63, 3.8) is 0 Å². The second-order valence-electron chi connectivity index (χ2n) is 14.2. The molecule has 1 saturated heterocycles. The number of aromatic nitrogens is 5. The third kappa shape index (κ3) is 7.63. The summed E-state index contributed by atoms with van der Waals surface area (Å²) in [5.74, 6) is 0.731. The number of carbonyl (C=O) groups excluding carboxylic acids is 2. The fourth-order valence-electron chi connectivity index (χ4n) is 7.68. The maximum Gasteiger partial charge on any atom is 0.319 e. The Hall–Kier alpha value is -6.32. The van der Waals surface area contributed by atoms with E-state index in [4.69, 9.17) is 19.5 Å². The molecule has 1 aliphatic heterocycles. The molecule has 15 nitrogen and oxygen atoms in total. The van der Waals surface area contributed by atoms with E-state index < -0.39 is 24.3 Å². The van der Waals surface area contributed by atoms with Crippen molar-refractivity contribution in [3.8, 4) is 11.3 Å². The Balaban J connectivity index is 1.06. The first kappa shape index (κ1) is 36.6. The Morgan fingerprint density at radius 3 is 2.30 bits per heavy atom. The molecule has 3 aromatic carbocycles. The zero-order chi connectivity index (χ0) is 38.6. The van der Waals surface area contributed by atoms with Crippen LogP contribution in [0, 0.1) is 0 Å². The summed E-state index contributed by atoms with van der Waals surface area (Å²) in [7, 11) is 0. The number of nitrogens with one attached hydrogen (secondary N) is 4. The minimum absolute atomic E-state index is 0.00518. The van der Waals surface area contributed by atoms with Gasteiger partial charge in [-0.2, -0.15) is 9.97 Å². The van der Waals surface area contributed by atoms with Crippen molar-refractivity contribution in [1.82, 2.24) is 35.3 Å². The first-order valence-electron chi connectivity index (χ1n) is 18.9. The van der Waals surface area contributed by atoms with Crippen molar-refractivity contribution in [1.29, 1.82) is 0 Å². The maximum absolute atomic E-state index is 13.2. The molecule has 3 aromatic heterocycles. The number of aliphatic hydroxyl groups is 2. The van der Waals surface area contributed by atoms with E-state index >= 15 is 0 Å². The van der Waals surface area contributed by atoms with Crippen LogP contribution in [0.2, 0.25) is 0 Å². The summed E-state index contributed by atoms with van der Waals surface area (Å²) in [4.78, 5) is 42.2. The molecular weight excluding hydrogens is 713 g/mol. The van der Waals surface area contributed by atoms with E-state index in [9.17, 15) is 19.8 Å². The van der Waals surface area contributed by atoms with Gasteiger partial charge in [0, 0.05) is 43.6 Å². The Labute approximate surface area is 323 Å². The smallest absolute Gasteiger partial charge is 0.319 e. The highest BCUT2D eigenvalue weighted by Crippen LogP contribution is 2.36. The lowest BCUT2D eigenvalue weighted by Crippen LogP contribution is -2.42. The number of hydrogen-bond acceptors (Lipinski definition) is 11. The maximum atomic E-state index is 13.2. The van der Waals surface area contributed by atoms with Gasteiger partial charge < -0.3 is 45.5 Å². The van der Waals surface area contributed by atoms with Gasteiger partial charge in [0.05, 0.1) is 18.4 Å². The molecule has 56 heavy (non-hydrogen) atoms. The van der Waals surface area contributed by atoms with Gasteiger partial charge in [0.1, 0.15) is 29.9 Å². The van der Waals surface area contributed by atoms with Crippen LogP contribution < -0.4 is 26.2 Å². The number of carbonyl (C=O) groups is 2. The molecule has 6 aromatic rings. The number of rotatable bonds is 12. The van der Waals surface area contributed by atoms with Crippen LogP contribution in [0.1, 0.15) is 49.3 Å². The van der Waals surface area contributed by atoms with Crippen molar-refractivity contribution >= 4 is 40.6 Å². The Bertz CT molecular complexity index is 2230. The van der Waals surface area contributed by atoms with Crippen LogP contribution in [-0.2, 0) is 4.79 Å². The average Bonchev–Trinajstić information content (AvgIpc) is 4.04. The lowest BCUT2D eigenvalue weighted by atomic mass is 9.91. The number of fused-ring (bicyclic) bond motifs is 1. The van der Waals surface area contributed by atoms with E-state index in [2.05, 4.69) is 50.7 Å². The number of nitrogens with zero attached hydrogens (tertiary/aromatic N) is 6. The van der Waals surface area contributed by atoms with Crippen LogP contribution in [0.15, 0.2) is 108 Å². The summed E-state index contributed by atoms with van der Waals surface area (Å²) in [5, 5.41) is 38.6. The van der Waals surface area contributed by atoms with E-state index in [-0.39, 0.29) is 36.7 Å². The predicted octanol–water partition coefficient (Wildman–Crippen LogP) is 4.69. The van der Waals surface area contributed by atoms with Gasteiger partial charge in [-0.1, -0.05) is 103 Å². The summed E-state index contributed by atoms with van der Waals surface area (Å²) in [5.41, 5.74) is 5.07. The predicted molar refractivity (Wildman–Crippen MR) is 211 cm³/mol. The number of anilines is 3. The molecule has 0 radical (unpaired) electrons. The van der Waals surface area contributed by atoms with Gasteiger partial charge in [-0.15, -0.1) is 0 Å². The second kappa shape index (κ2) is 16.2. The fraction of sp³-hybridized carbons (Fsp3) is 0.317. The molecule has 2 fully saturated rings. The Morgan fingerprint density at radius 1 is 0.911 bits per heavy atom. The molecule has 0 unspecified atom stereocenters. The van der Waals surface area contributed by atoms with Crippen LogP contribution in [0.5, 0.6) is 0 Å². The van der Waals surface area contributed by atoms with E-state index in [1.165, 1.54) is 6.26 Å². The molecule has 5 atom stereocenters. The quantitative estimate of drug-likeness (QED) is 0.101. The topological polar surface area (TPSA) is 196 Å². The van der Waals surface area contributed by atoms with Crippen LogP contribution in [-0.4, -0.2) is 90.8 Å². The molecule has 6 N–H and O–H groups in total. The highest BCUT2D eigenvalue weighted by Gasteiger charge is 2.44. The molecular formula is C41H44N10O5. The molecule has 288 valence electrons. The van der Waals surface area contributed by atoms with E-state index in [0.29, 0.717) is 60.4 Å². The standard InChI is InChI=1S/C41H44N10O5/c1-2-33(52)45-30-20-32(37(54)36(30)53)51-24-43-35-38(42-21-29(25-12-6-3-7-13-25)26-14-8-4-9-15-26)47-40(48-39(35)51)50-19-18-28(22-50)44-41(55)46-31-23-56-49-34(31)27-16-10-5-11-17-27/h3-17,23-24,28-30,32,36-37,53-54H,2,18-22H2,1H3,(H,45,52)(H,42,47,48)(H2,44,46,55)/t28-,30+,32-,36-,37+/m1/s1. The molecule has 1 aliphatic carbocycles. The summed E-state index contributed by atoms with van der Waals surface area (Å²) in [6.07, 6.45) is 1.87. The molecule has 0 bridgehead atoms. The van der Waals surface area contributed by atoms with Crippen LogP contribution in [0.4, 0.5) is 22.2 Å². The minimum atomic E-state index is -1.17. The molecule has 0 spiro atoms. The van der Waals surface area contributed by atoms with Crippen molar-refractivity contribution in [2.45, 2.75) is 62.4 Å². The Kier molecular flexibility index (Phi) is 10.6. The first-order valence-corrected chi connectivity index (χ1v) is 18.9. The van der Waals surface area contributed by atoms with Gasteiger partial charge in [-0.25, -0.2) is 9.78 Å². The fourth-order valence-corrected chi connectivity index (χ4v) is 7.68. The lowest BCUT2D eigenvalue weighted by molar-refractivity contribution is -0.122. The number of amides is 3. The molecule has 15 heteroatoms. The average molecular weight is 757 g/mol. The molecule has 3 amide bonds. The molecule has 8 rings (SSSR count). The number of aliphatic hydroxyl groups excluding tert-OH is 2. The van der Waals surface area contributed by atoms with Crippen LogP contribution in [0.25, 0.3) is 22.4 Å². The van der Waals surface area contributed by atoms with E-state index in [1.807, 2.05) is 71.6 Å². The monoisotopic (exact) mass is 756 g/mol. The van der Waals surface area contributed by atoms with Gasteiger partial charge in [0.15, 0.2) is 17.0 Å². The van der Waals surface area contributed by atoms with Crippen molar-refractivity contribution in [2.24, 2.45) is 0 Å². The number of hydrogen-bond donors (Lipinski definition) is 6. The second-order valence-corrected chi connectivity index (χ2v) is 14.2. The highest BCUT2D eigenvalue weighted by molar-refractivity contribution is 5.93. The van der Waals surface area contributed by atoms with E-state index in [1.54, 1.807) is 17.8 Å². The van der Waals surface area contributed by atoms with Gasteiger partial charge >= 0.3 is 6.03 Å². The summed E-state index contributed by atoms with van der Waals surface area (Å²) < 4.78 is 6.95. The number of imidazole rings is 1. The van der Waals surface area contributed by atoms with Crippen molar-refractivity contribution < 1.29 is 24.3 Å². The Morgan fingerprint density at radius 2 is 1.61 bits per heavy atom. The largest absolute Gasteiger partial charge is 0.388 e. The van der Waals surface area contributed by atoms with Gasteiger partial charge in [0.25, 0.3) is 0 Å². The molecule has 4 heterocycles.